The van der Waals surface area contributed by atoms with Crippen LogP contribution in [0, 0.1) is 0 Å². The highest BCUT2D eigenvalue weighted by atomic mass is 16.5. The molecule has 2 aromatic carbocycles. The van der Waals surface area contributed by atoms with Crippen LogP contribution < -0.4 is 9.47 Å². The first-order valence-electron chi connectivity index (χ1n) is 7.82. The second kappa shape index (κ2) is 7.04. The number of benzene rings is 2. The number of methoxy groups -OCH3 is 1. The summed E-state index contributed by atoms with van der Waals surface area (Å²) in [6.07, 6.45) is 5.11. The highest BCUT2D eigenvalue weighted by molar-refractivity contribution is 6.14. The monoisotopic (exact) mass is 321 g/mol. The first-order valence-corrected chi connectivity index (χ1v) is 7.82. The molecule has 24 heavy (non-hydrogen) atoms. The van der Waals surface area contributed by atoms with Crippen molar-refractivity contribution >= 4 is 22.8 Å². The summed E-state index contributed by atoms with van der Waals surface area (Å²) < 4.78 is 10.8. The molecule has 1 N–H and O–H groups in total. The average Bonchev–Trinajstić information content (AvgIpc) is 3.04. The third-order valence-corrected chi connectivity index (χ3v) is 3.77. The SMILES string of the molecule is CCOc1cc(/C=C/C(=O)c2c[nH]c3ccccc23)ccc1OC. The topological polar surface area (TPSA) is 51.3 Å². The number of aromatic nitrogens is 1. The molecule has 0 radical (unpaired) electrons. The van der Waals surface area contributed by atoms with Crippen molar-refractivity contribution in [1.82, 2.24) is 4.98 Å². The van der Waals surface area contributed by atoms with Gasteiger partial charge in [0, 0.05) is 22.7 Å². The molecule has 0 aliphatic rings. The molecule has 1 aromatic heterocycles. The van der Waals surface area contributed by atoms with E-state index in [-0.39, 0.29) is 5.78 Å². The van der Waals surface area contributed by atoms with Gasteiger partial charge in [0.1, 0.15) is 0 Å². The van der Waals surface area contributed by atoms with Crippen molar-refractivity contribution in [3.05, 3.63) is 65.9 Å². The van der Waals surface area contributed by atoms with Crippen LogP contribution in [-0.4, -0.2) is 24.5 Å². The van der Waals surface area contributed by atoms with Crippen molar-refractivity contribution in [2.24, 2.45) is 0 Å². The Morgan fingerprint density at radius 2 is 2.00 bits per heavy atom. The fraction of sp³-hybridized carbons (Fsp3) is 0.150. The average molecular weight is 321 g/mol. The zero-order valence-corrected chi connectivity index (χ0v) is 13.7. The minimum Gasteiger partial charge on any atom is -0.493 e. The van der Waals surface area contributed by atoms with Crippen molar-refractivity contribution < 1.29 is 14.3 Å². The molecule has 1 heterocycles. The minimum atomic E-state index is -0.0405. The summed E-state index contributed by atoms with van der Waals surface area (Å²) in [6.45, 7) is 2.47. The van der Waals surface area contributed by atoms with Gasteiger partial charge in [-0.25, -0.2) is 0 Å². The van der Waals surface area contributed by atoms with E-state index >= 15 is 0 Å². The molecule has 0 unspecified atom stereocenters. The number of allylic oxidation sites excluding steroid dienone is 1. The van der Waals surface area contributed by atoms with Gasteiger partial charge in [-0.2, -0.15) is 0 Å². The van der Waals surface area contributed by atoms with Crippen LogP contribution in [-0.2, 0) is 0 Å². The largest absolute Gasteiger partial charge is 0.493 e. The van der Waals surface area contributed by atoms with Gasteiger partial charge in [-0.15, -0.1) is 0 Å². The van der Waals surface area contributed by atoms with Gasteiger partial charge in [0.25, 0.3) is 0 Å². The highest BCUT2D eigenvalue weighted by Gasteiger charge is 2.09. The van der Waals surface area contributed by atoms with Gasteiger partial charge in [-0.05, 0) is 36.8 Å². The summed E-state index contributed by atoms with van der Waals surface area (Å²) in [5.41, 5.74) is 2.50. The molecule has 0 saturated heterocycles. The number of hydrogen-bond acceptors (Lipinski definition) is 3. The quantitative estimate of drug-likeness (QED) is 0.538. The number of rotatable bonds is 6. The van der Waals surface area contributed by atoms with E-state index in [4.69, 9.17) is 9.47 Å². The van der Waals surface area contributed by atoms with Crippen LogP contribution in [0.15, 0.2) is 54.7 Å². The first kappa shape index (κ1) is 15.9. The number of fused-ring (bicyclic) bond motifs is 1. The van der Waals surface area contributed by atoms with E-state index in [9.17, 15) is 4.79 Å². The molecule has 4 heteroatoms. The van der Waals surface area contributed by atoms with Crippen LogP contribution in [0.5, 0.6) is 11.5 Å². The van der Waals surface area contributed by atoms with Crippen molar-refractivity contribution in [3.63, 3.8) is 0 Å². The maximum absolute atomic E-state index is 12.5. The molecule has 3 rings (SSSR count). The predicted molar refractivity (Wildman–Crippen MR) is 95.8 cm³/mol. The van der Waals surface area contributed by atoms with Crippen molar-refractivity contribution in [1.29, 1.82) is 0 Å². The van der Waals surface area contributed by atoms with E-state index in [1.807, 2.05) is 49.4 Å². The molecule has 0 fully saturated rings. The van der Waals surface area contributed by atoms with E-state index in [0.717, 1.165) is 16.5 Å². The van der Waals surface area contributed by atoms with Gasteiger partial charge in [-0.3, -0.25) is 4.79 Å². The zero-order chi connectivity index (χ0) is 16.9. The highest BCUT2D eigenvalue weighted by Crippen LogP contribution is 2.28. The van der Waals surface area contributed by atoms with Gasteiger partial charge in [-0.1, -0.05) is 30.3 Å². The molecule has 4 nitrogen and oxygen atoms in total. The fourth-order valence-corrected chi connectivity index (χ4v) is 2.60. The Bertz CT molecular complexity index is 893. The Hall–Kier alpha value is -3.01. The molecule has 122 valence electrons. The van der Waals surface area contributed by atoms with Crippen LogP contribution in [0.4, 0.5) is 0 Å². The Labute approximate surface area is 140 Å². The number of carbonyl (C=O) groups is 1. The van der Waals surface area contributed by atoms with E-state index < -0.39 is 0 Å². The van der Waals surface area contributed by atoms with Crippen LogP contribution in [0.2, 0.25) is 0 Å². The summed E-state index contributed by atoms with van der Waals surface area (Å²) in [7, 11) is 1.61. The lowest BCUT2D eigenvalue weighted by Crippen LogP contribution is -1.96. The Morgan fingerprint density at radius 1 is 1.17 bits per heavy atom. The molecule has 3 aromatic rings. The number of para-hydroxylation sites is 1. The lowest BCUT2D eigenvalue weighted by molar-refractivity contribution is 0.104. The van der Waals surface area contributed by atoms with Crippen LogP contribution >= 0.6 is 0 Å². The third kappa shape index (κ3) is 3.18. The molecule has 0 bridgehead atoms. The third-order valence-electron chi connectivity index (χ3n) is 3.77. The van der Waals surface area contributed by atoms with E-state index in [1.165, 1.54) is 0 Å². The van der Waals surface area contributed by atoms with Gasteiger partial charge in [0.05, 0.1) is 13.7 Å². The first-order chi connectivity index (χ1) is 11.7. The number of aromatic amines is 1. The number of H-pyrrole nitrogens is 1. The summed E-state index contributed by atoms with van der Waals surface area (Å²) >= 11 is 0. The maximum Gasteiger partial charge on any atom is 0.187 e. The van der Waals surface area contributed by atoms with Crippen LogP contribution in [0.25, 0.3) is 17.0 Å². The van der Waals surface area contributed by atoms with Gasteiger partial charge in [0.2, 0.25) is 0 Å². The lowest BCUT2D eigenvalue weighted by Gasteiger charge is -2.09. The minimum absolute atomic E-state index is 0.0405. The Balaban J connectivity index is 1.85. The number of hydrogen-bond donors (Lipinski definition) is 1. The number of ether oxygens (including phenoxy) is 2. The van der Waals surface area contributed by atoms with Crippen molar-refractivity contribution in [3.8, 4) is 11.5 Å². The Kier molecular flexibility index (Phi) is 4.66. The molecular formula is C20H19NO3. The second-order valence-electron chi connectivity index (χ2n) is 5.29. The van der Waals surface area contributed by atoms with Crippen LogP contribution in [0.3, 0.4) is 0 Å². The number of carbonyl (C=O) groups excluding carboxylic acids is 1. The summed E-state index contributed by atoms with van der Waals surface area (Å²) in [6, 6.07) is 13.3. The molecule has 0 aliphatic carbocycles. The molecule has 0 atom stereocenters. The molecular weight excluding hydrogens is 302 g/mol. The normalized spacial score (nSPS) is 11.1. The molecule has 0 saturated carbocycles. The van der Waals surface area contributed by atoms with Crippen molar-refractivity contribution in [2.75, 3.05) is 13.7 Å². The van der Waals surface area contributed by atoms with Gasteiger partial charge >= 0.3 is 0 Å². The van der Waals surface area contributed by atoms with Gasteiger partial charge < -0.3 is 14.5 Å². The number of nitrogens with one attached hydrogen (secondary N) is 1. The number of ketones is 1. The van der Waals surface area contributed by atoms with E-state index in [2.05, 4.69) is 4.98 Å². The zero-order valence-electron chi connectivity index (χ0n) is 13.7. The second-order valence-corrected chi connectivity index (χ2v) is 5.29. The molecule has 0 aliphatic heterocycles. The van der Waals surface area contributed by atoms with E-state index in [0.29, 0.717) is 23.7 Å². The predicted octanol–water partition coefficient (Wildman–Crippen LogP) is 4.47. The Morgan fingerprint density at radius 3 is 2.79 bits per heavy atom. The standard InChI is InChI=1S/C20H19NO3/c1-3-24-20-12-14(9-11-19(20)23-2)8-10-18(22)16-13-21-17-7-5-4-6-15(16)17/h4-13,21H,3H2,1-2H3/b10-8+. The van der Waals surface area contributed by atoms with Crippen LogP contribution in [0.1, 0.15) is 22.8 Å². The smallest absolute Gasteiger partial charge is 0.187 e. The lowest BCUT2D eigenvalue weighted by atomic mass is 10.1. The molecule has 0 spiro atoms. The van der Waals surface area contributed by atoms with E-state index in [1.54, 1.807) is 25.5 Å². The summed E-state index contributed by atoms with van der Waals surface area (Å²) in [4.78, 5) is 15.6. The summed E-state index contributed by atoms with van der Waals surface area (Å²) in [5, 5.41) is 0.928. The summed E-state index contributed by atoms with van der Waals surface area (Å²) in [5.74, 6) is 1.31. The van der Waals surface area contributed by atoms with Gasteiger partial charge in [0.15, 0.2) is 17.3 Å². The fourth-order valence-electron chi connectivity index (χ4n) is 2.60. The molecule has 0 amide bonds. The maximum atomic E-state index is 12.5. The van der Waals surface area contributed by atoms with Crippen molar-refractivity contribution in [2.45, 2.75) is 6.92 Å².